The first-order valence-corrected chi connectivity index (χ1v) is 9.52. The molecule has 3 heterocycles. The second kappa shape index (κ2) is 8.87. The molecule has 0 saturated carbocycles. The number of hydrogen-bond donors (Lipinski definition) is 2. The SMILES string of the molecule is CN(C(=O)c1n[nH]c2c1CNCC2)C1CCCN(Cc2ccccc2)C1.Cl. The van der Waals surface area contributed by atoms with E-state index in [1.54, 1.807) is 0 Å². The number of likely N-dealkylation sites (tertiary alicyclic amines) is 1. The summed E-state index contributed by atoms with van der Waals surface area (Å²) in [5, 5.41) is 10.7. The van der Waals surface area contributed by atoms with Gasteiger partial charge >= 0.3 is 0 Å². The van der Waals surface area contributed by atoms with Gasteiger partial charge in [-0.05, 0) is 24.9 Å². The van der Waals surface area contributed by atoms with Gasteiger partial charge in [0.1, 0.15) is 0 Å². The van der Waals surface area contributed by atoms with E-state index in [0.29, 0.717) is 5.69 Å². The van der Waals surface area contributed by atoms with Crippen molar-refractivity contribution in [3.05, 3.63) is 52.8 Å². The molecule has 1 fully saturated rings. The van der Waals surface area contributed by atoms with Crippen molar-refractivity contribution >= 4 is 18.3 Å². The van der Waals surface area contributed by atoms with E-state index < -0.39 is 0 Å². The van der Waals surface area contributed by atoms with Crippen molar-refractivity contribution in [1.82, 2.24) is 25.3 Å². The number of fused-ring (bicyclic) bond motifs is 1. The number of likely N-dealkylation sites (N-methyl/N-ethyl adjacent to an activating group) is 1. The van der Waals surface area contributed by atoms with Crippen molar-refractivity contribution in [1.29, 1.82) is 0 Å². The van der Waals surface area contributed by atoms with E-state index in [1.807, 2.05) is 18.0 Å². The van der Waals surface area contributed by atoms with Crippen molar-refractivity contribution in [3.63, 3.8) is 0 Å². The van der Waals surface area contributed by atoms with Gasteiger partial charge in [0, 0.05) is 56.9 Å². The molecule has 6 nitrogen and oxygen atoms in total. The van der Waals surface area contributed by atoms with Gasteiger partial charge in [-0.25, -0.2) is 0 Å². The molecule has 0 radical (unpaired) electrons. The van der Waals surface area contributed by atoms with Gasteiger partial charge in [0.05, 0.1) is 0 Å². The minimum atomic E-state index is 0. The zero-order valence-corrected chi connectivity index (χ0v) is 16.6. The Morgan fingerprint density at radius 2 is 2.15 bits per heavy atom. The van der Waals surface area contributed by atoms with Crippen LogP contribution in [0.15, 0.2) is 30.3 Å². The summed E-state index contributed by atoms with van der Waals surface area (Å²) in [6.07, 6.45) is 3.08. The number of amides is 1. The second-order valence-electron chi connectivity index (χ2n) is 7.39. The van der Waals surface area contributed by atoms with Crippen molar-refractivity contribution in [2.75, 3.05) is 26.7 Å². The molecule has 2 aromatic rings. The number of nitrogens with zero attached hydrogens (tertiary/aromatic N) is 3. The van der Waals surface area contributed by atoms with Crippen LogP contribution in [0, 0.1) is 0 Å². The van der Waals surface area contributed by atoms with Crippen LogP contribution in [0.2, 0.25) is 0 Å². The summed E-state index contributed by atoms with van der Waals surface area (Å²) in [6, 6.07) is 10.8. The van der Waals surface area contributed by atoms with Crippen LogP contribution in [-0.2, 0) is 19.5 Å². The summed E-state index contributed by atoms with van der Waals surface area (Å²) >= 11 is 0. The van der Waals surface area contributed by atoms with Gasteiger partial charge in [0.15, 0.2) is 5.69 Å². The first-order chi connectivity index (χ1) is 12.7. The average Bonchev–Trinajstić information content (AvgIpc) is 3.12. The molecule has 2 N–H and O–H groups in total. The lowest BCUT2D eigenvalue weighted by molar-refractivity contribution is 0.0602. The van der Waals surface area contributed by atoms with Gasteiger partial charge < -0.3 is 10.2 Å². The van der Waals surface area contributed by atoms with E-state index in [9.17, 15) is 4.79 Å². The number of carbonyl (C=O) groups is 1. The number of nitrogens with one attached hydrogen (secondary N) is 2. The van der Waals surface area contributed by atoms with Crippen LogP contribution in [0.25, 0.3) is 0 Å². The Kier molecular flexibility index (Phi) is 6.52. The number of rotatable bonds is 4. The predicted molar refractivity (Wildman–Crippen MR) is 108 cm³/mol. The summed E-state index contributed by atoms with van der Waals surface area (Å²) in [4.78, 5) is 17.4. The Balaban J connectivity index is 0.00000210. The second-order valence-corrected chi connectivity index (χ2v) is 7.39. The van der Waals surface area contributed by atoms with Gasteiger partial charge in [-0.15, -0.1) is 12.4 Å². The molecule has 4 rings (SSSR count). The fourth-order valence-corrected chi connectivity index (χ4v) is 4.07. The minimum Gasteiger partial charge on any atom is -0.336 e. The monoisotopic (exact) mass is 389 g/mol. The number of aromatic amines is 1. The summed E-state index contributed by atoms with van der Waals surface area (Å²) < 4.78 is 0. The van der Waals surface area contributed by atoms with Crippen molar-refractivity contribution in [2.24, 2.45) is 0 Å². The van der Waals surface area contributed by atoms with Crippen LogP contribution in [0.4, 0.5) is 0 Å². The van der Waals surface area contributed by atoms with E-state index in [1.165, 1.54) is 5.56 Å². The molecular weight excluding hydrogens is 362 g/mol. The molecule has 7 heteroatoms. The summed E-state index contributed by atoms with van der Waals surface area (Å²) in [5.74, 6) is 0.0396. The van der Waals surface area contributed by atoms with Crippen LogP contribution in [0.1, 0.15) is 40.2 Å². The molecule has 1 amide bonds. The molecule has 1 saturated heterocycles. The third-order valence-corrected chi connectivity index (χ3v) is 5.61. The number of piperidine rings is 1. The van der Waals surface area contributed by atoms with Crippen LogP contribution in [0.5, 0.6) is 0 Å². The highest BCUT2D eigenvalue weighted by molar-refractivity contribution is 5.94. The zero-order valence-electron chi connectivity index (χ0n) is 15.8. The Morgan fingerprint density at radius 1 is 1.33 bits per heavy atom. The van der Waals surface area contributed by atoms with Gasteiger partial charge in [-0.3, -0.25) is 14.8 Å². The molecule has 1 aromatic heterocycles. The standard InChI is InChI=1S/C20H27N5O.ClH/c1-24(20(26)19-17-12-21-10-9-18(17)22-23-19)16-8-5-11-25(14-16)13-15-6-3-2-4-7-15;/h2-4,6-7,16,21H,5,8-14H2,1H3,(H,22,23);1H. The third kappa shape index (κ3) is 4.34. The van der Waals surface area contributed by atoms with Crippen molar-refractivity contribution in [3.8, 4) is 0 Å². The van der Waals surface area contributed by atoms with E-state index >= 15 is 0 Å². The Morgan fingerprint density at radius 3 is 2.96 bits per heavy atom. The molecule has 27 heavy (non-hydrogen) atoms. The number of benzene rings is 1. The van der Waals surface area contributed by atoms with Crippen LogP contribution in [0.3, 0.4) is 0 Å². The molecule has 1 atom stereocenters. The largest absolute Gasteiger partial charge is 0.336 e. The maximum atomic E-state index is 13.0. The minimum absolute atomic E-state index is 0. The molecule has 1 unspecified atom stereocenters. The highest BCUT2D eigenvalue weighted by Gasteiger charge is 2.30. The van der Waals surface area contributed by atoms with E-state index in [0.717, 1.165) is 63.2 Å². The highest BCUT2D eigenvalue weighted by atomic mass is 35.5. The topological polar surface area (TPSA) is 64.3 Å². The van der Waals surface area contributed by atoms with Crippen LogP contribution < -0.4 is 5.32 Å². The molecule has 1 aromatic carbocycles. The summed E-state index contributed by atoms with van der Waals surface area (Å²) in [6.45, 7) is 4.62. The quantitative estimate of drug-likeness (QED) is 0.841. The first-order valence-electron chi connectivity index (χ1n) is 9.52. The molecule has 0 aliphatic carbocycles. The maximum absolute atomic E-state index is 13.0. The normalized spacial score (nSPS) is 19.8. The Bertz CT molecular complexity index is 763. The fourth-order valence-electron chi connectivity index (χ4n) is 4.07. The van der Waals surface area contributed by atoms with Crippen molar-refractivity contribution < 1.29 is 4.79 Å². The fraction of sp³-hybridized carbons (Fsp3) is 0.500. The number of carbonyl (C=O) groups excluding carboxylic acids is 1. The molecule has 2 aliphatic heterocycles. The molecule has 2 aliphatic rings. The Labute approximate surface area is 166 Å². The number of H-pyrrole nitrogens is 1. The highest BCUT2D eigenvalue weighted by Crippen LogP contribution is 2.21. The number of halogens is 1. The van der Waals surface area contributed by atoms with Gasteiger partial charge in [-0.1, -0.05) is 30.3 Å². The van der Waals surface area contributed by atoms with E-state index in [-0.39, 0.29) is 24.4 Å². The number of aromatic nitrogens is 2. The maximum Gasteiger partial charge on any atom is 0.274 e. The average molecular weight is 390 g/mol. The lowest BCUT2D eigenvalue weighted by atomic mass is 10.0. The lowest BCUT2D eigenvalue weighted by Gasteiger charge is -2.37. The lowest BCUT2D eigenvalue weighted by Crippen LogP contribution is -2.48. The number of hydrogen-bond acceptors (Lipinski definition) is 4. The molecule has 0 bridgehead atoms. The Hall–Kier alpha value is -1.89. The van der Waals surface area contributed by atoms with Gasteiger partial charge in [0.25, 0.3) is 5.91 Å². The summed E-state index contributed by atoms with van der Waals surface area (Å²) in [5.41, 5.74) is 4.07. The third-order valence-electron chi connectivity index (χ3n) is 5.61. The van der Waals surface area contributed by atoms with Crippen LogP contribution >= 0.6 is 12.4 Å². The molecule has 146 valence electrons. The van der Waals surface area contributed by atoms with E-state index in [2.05, 4.69) is 44.7 Å². The predicted octanol–water partition coefficient (Wildman–Crippen LogP) is 2.21. The van der Waals surface area contributed by atoms with Crippen LogP contribution in [-0.4, -0.2) is 58.6 Å². The van der Waals surface area contributed by atoms with Crippen molar-refractivity contribution in [2.45, 2.75) is 38.4 Å². The molecular formula is C20H28ClN5O. The smallest absolute Gasteiger partial charge is 0.274 e. The first kappa shape index (κ1) is 19.9. The summed E-state index contributed by atoms with van der Waals surface area (Å²) in [7, 11) is 1.93. The van der Waals surface area contributed by atoms with E-state index in [4.69, 9.17) is 0 Å². The van der Waals surface area contributed by atoms with Gasteiger partial charge in [0.2, 0.25) is 0 Å². The molecule has 0 spiro atoms. The zero-order chi connectivity index (χ0) is 17.9. The van der Waals surface area contributed by atoms with Gasteiger partial charge in [-0.2, -0.15) is 5.10 Å².